The lowest BCUT2D eigenvalue weighted by Crippen LogP contribution is -2.42. The van der Waals surface area contributed by atoms with E-state index >= 15 is 0 Å². The van der Waals surface area contributed by atoms with Crippen LogP contribution < -0.4 is 19.7 Å². The van der Waals surface area contributed by atoms with Crippen LogP contribution in [0.3, 0.4) is 0 Å². The number of carbonyl (C=O) groups excluding carboxylic acids is 2. The molecule has 2 N–H and O–H groups in total. The van der Waals surface area contributed by atoms with E-state index in [2.05, 4.69) is 5.32 Å². The number of ether oxygens (including phenoxy) is 2. The van der Waals surface area contributed by atoms with E-state index in [4.69, 9.17) is 9.47 Å². The Hall–Kier alpha value is -1.93. The van der Waals surface area contributed by atoms with E-state index < -0.39 is 5.92 Å². The van der Waals surface area contributed by atoms with Crippen molar-refractivity contribution in [1.82, 2.24) is 5.32 Å². The molecule has 7 nitrogen and oxygen atoms in total. The number of aliphatic hydroxyl groups excluding tert-OH is 1. The molecule has 1 saturated heterocycles. The Morgan fingerprint density at radius 1 is 1.38 bits per heavy atom. The van der Waals surface area contributed by atoms with E-state index in [1.807, 2.05) is 6.26 Å². The van der Waals surface area contributed by atoms with Crippen LogP contribution in [0.2, 0.25) is 0 Å². The van der Waals surface area contributed by atoms with E-state index in [0.717, 1.165) is 5.75 Å². The standard InChI is InChI=1S/C18H24N2O5S/c1-26-7-4-13(11-21)19-18(23)12-8-17(22)20(10-12)14-2-3-15-16(9-14)25-6-5-24-15/h2-3,9,12-13,21H,4-8,10-11H2,1H3,(H,19,23)/t12-,13+/m0/s1. The topological polar surface area (TPSA) is 88.1 Å². The van der Waals surface area contributed by atoms with Crippen molar-refractivity contribution in [2.45, 2.75) is 18.9 Å². The summed E-state index contributed by atoms with van der Waals surface area (Å²) < 4.78 is 11.1. The first kappa shape index (κ1) is 18.8. The smallest absolute Gasteiger partial charge is 0.227 e. The van der Waals surface area contributed by atoms with Crippen LogP contribution in [0.15, 0.2) is 18.2 Å². The fraction of sp³-hybridized carbons (Fsp3) is 0.556. The van der Waals surface area contributed by atoms with Crippen molar-refractivity contribution in [2.75, 3.05) is 43.3 Å². The number of aliphatic hydroxyl groups is 1. The van der Waals surface area contributed by atoms with Crippen LogP contribution in [-0.2, 0) is 9.59 Å². The van der Waals surface area contributed by atoms with Gasteiger partial charge in [0.1, 0.15) is 13.2 Å². The number of amides is 2. The van der Waals surface area contributed by atoms with Gasteiger partial charge in [0.2, 0.25) is 11.8 Å². The van der Waals surface area contributed by atoms with Gasteiger partial charge in [0, 0.05) is 24.7 Å². The molecule has 1 fully saturated rings. The third-order valence-electron chi connectivity index (χ3n) is 4.57. The summed E-state index contributed by atoms with van der Waals surface area (Å²) in [7, 11) is 0. The van der Waals surface area contributed by atoms with Gasteiger partial charge in [-0.3, -0.25) is 9.59 Å². The zero-order valence-electron chi connectivity index (χ0n) is 14.8. The van der Waals surface area contributed by atoms with Crippen LogP contribution >= 0.6 is 11.8 Å². The first-order valence-electron chi connectivity index (χ1n) is 8.72. The lowest BCUT2D eigenvalue weighted by Gasteiger charge is -2.22. The SMILES string of the molecule is CSCC[C@H](CO)NC(=O)[C@H]1CC(=O)N(c2ccc3c(c2)OCCO3)C1. The first-order chi connectivity index (χ1) is 12.6. The molecule has 1 aromatic carbocycles. The molecule has 142 valence electrons. The second-order valence-corrected chi connectivity index (χ2v) is 7.39. The van der Waals surface area contributed by atoms with E-state index in [0.29, 0.717) is 43.4 Å². The molecule has 2 aliphatic heterocycles. The van der Waals surface area contributed by atoms with Crippen LogP contribution in [0, 0.1) is 5.92 Å². The summed E-state index contributed by atoms with van der Waals surface area (Å²) >= 11 is 1.67. The number of benzene rings is 1. The Kier molecular flexibility index (Phi) is 6.26. The fourth-order valence-electron chi connectivity index (χ4n) is 3.12. The van der Waals surface area contributed by atoms with Crippen molar-refractivity contribution < 1.29 is 24.2 Å². The highest BCUT2D eigenvalue weighted by molar-refractivity contribution is 7.98. The molecule has 0 unspecified atom stereocenters. The summed E-state index contributed by atoms with van der Waals surface area (Å²) in [6, 6.07) is 5.10. The summed E-state index contributed by atoms with van der Waals surface area (Å²) in [4.78, 5) is 26.5. The van der Waals surface area contributed by atoms with Crippen molar-refractivity contribution in [3.8, 4) is 11.5 Å². The predicted octanol–water partition coefficient (Wildman–Crippen LogP) is 1.04. The maximum Gasteiger partial charge on any atom is 0.227 e. The van der Waals surface area contributed by atoms with Crippen LogP contribution in [-0.4, -0.2) is 61.3 Å². The number of hydrogen-bond donors (Lipinski definition) is 2. The Morgan fingerprint density at radius 2 is 2.15 bits per heavy atom. The average Bonchev–Trinajstić information content (AvgIpc) is 3.06. The van der Waals surface area contributed by atoms with E-state index in [1.165, 1.54) is 0 Å². The minimum Gasteiger partial charge on any atom is -0.486 e. The van der Waals surface area contributed by atoms with Crippen LogP contribution in [0.5, 0.6) is 11.5 Å². The third kappa shape index (κ3) is 4.24. The molecule has 0 radical (unpaired) electrons. The van der Waals surface area contributed by atoms with Gasteiger partial charge in [0.15, 0.2) is 11.5 Å². The van der Waals surface area contributed by atoms with Crippen molar-refractivity contribution in [3.05, 3.63) is 18.2 Å². The van der Waals surface area contributed by atoms with Gasteiger partial charge >= 0.3 is 0 Å². The molecular formula is C18H24N2O5S. The normalized spacial score (nSPS) is 20.2. The Bertz CT molecular complexity index is 669. The number of hydrogen-bond acceptors (Lipinski definition) is 6. The van der Waals surface area contributed by atoms with Crippen molar-refractivity contribution in [2.24, 2.45) is 5.92 Å². The van der Waals surface area contributed by atoms with Gasteiger partial charge in [-0.05, 0) is 30.6 Å². The van der Waals surface area contributed by atoms with E-state index in [-0.39, 0.29) is 30.9 Å². The molecule has 8 heteroatoms. The van der Waals surface area contributed by atoms with Gasteiger partial charge in [-0.2, -0.15) is 11.8 Å². The number of carbonyl (C=O) groups is 2. The van der Waals surface area contributed by atoms with Gasteiger partial charge in [0.05, 0.1) is 18.6 Å². The van der Waals surface area contributed by atoms with Gasteiger partial charge in [-0.15, -0.1) is 0 Å². The number of fused-ring (bicyclic) bond motifs is 1. The van der Waals surface area contributed by atoms with Gasteiger partial charge in [-0.25, -0.2) is 0 Å². The molecule has 0 aromatic heterocycles. The van der Waals surface area contributed by atoms with E-state index in [9.17, 15) is 14.7 Å². The minimum atomic E-state index is -0.418. The summed E-state index contributed by atoms with van der Waals surface area (Å²) in [5.74, 6) is 1.45. The molecule has 26 heavy (non-hydrogen) atoms. The van der Waals surface area contributed by atoms with Crippen molar-refractivity contribution >= 4 is 29.3 Å². The molecule has 2 heterocycles. The number of nitrogens with zero attached hydrogens (tertiary/aromatic N) is 1. The highest BCUT2D eigenvalue weighted by Crippen LogP contribution is 2.36. The highest BCUT2D eigenvalue weighted by atomic mass is 32.2. The van der Waals surface area contributed by atoms with Gasteiger partial charge < -0.3 is 24.8 Å². The van der Waals surface area contributed by atoms with Crippen LogP contribution in [0.25, 0.3) is 0 Å². The molecule has 2 amide bonds. The number of thioether (sulfide) groups is 1. The lowest BCUT2D eigenvalue weighted by atomic mass is 10.1. The summed E-state index contributed by atoms with van der Waals surface area (Å²) in [5.41, 5.74) is 0.704. The lowest BCUT2D eigenvalue weighted by molar-refractivity contribution is -0.127. The Balaban J connectivity index is 1.64. The zero-order chi connectivity index (χ0) is 18.5. The number of rotatable bonds is 7. The molecule has 2 aliphatic rings. The minimum absolute atomic E-state index is 0.0912. The predicted molar refractivity (Wildman–Crippen MR) is 99.9 cm³/mol. The summed E-state index contributed by atoms with van der Waals surface area (Å²) in [6.45, 7) is 1.22. The highest BCUT2D eigenvalue weighted by Gasteiger charge is 2.36. The molecule has 0 spiro atoms. The second kappa shape index (κ2) is 8.64. The summed E-state index contributed by atoms with van der Waals surface area (Å²) in [5, 5.41) is 12.3. The fourth-order valence-corrected chi connectivity index (χ4v) is 3.64. The number of nitrogens with one attached hydrogen (secondary N) is 1. The first-order valence-corrected chi connectivity index (χ1v) is 10.1. The van der Waals surface area contributed by atoms with Crippen LogP contribution in [0.1, 0.15) is 12.8 Å². The quantitative estimate of drug-likeness (QED) is 0.735. The molecular weight excluding hydrogens is 356 g/mol. The molecule has 3 rings (SSSR count). The maximum atomic E-state index is 12.5. The van der Waals surface area contributed by atoms with Crippen molar-refractivity contribution in [1.29, 1.82) is 0 Å². The Labute approximate surface area is 157 Å². The second-order valence-electron chi connectivity index (χ2n) is 6.40. The molecule has 0 aliphatic carbocycles. The zero-order valence-corrected chi connectivity index (χ0v) is 15.6. The maximum absolute atomic E-state index is 12.5. The molecule has 0 saturated carbocycles. The van der Waals surface area contributed by atoms with Crippen LogP contribution in [0.4, 0.5) is 5.69 Å². The molecule has 1 aromatic rings. The molecule has 2 atom stereocenters. The van der Waals surface area contributed by atoms with E-state index in [1.54, 1.807) is 34.9 Å². The largest absolute Gasteiger partial charge is 0.486 e. The Morgan fingerprint density at radius 3 is 2.88 bits per heavy atom. The van der Waals surface area contributed by atoms with Gasteiger partial charge in [-0.1, -0.05) is 0 Å². The third-order valence-corrected chi connectivity index (χ3v) is 5.21. The van der Waals surface area contributed by atoms with Gasteiger partial charge in [0.25, 0.3) is 0 Å². The summed E-state index contributed by atoms with van der Waals surface area (Å²) in [6.07, 6.45) is 2.86. The monoisotopic (exact) mass is 380 g/mol. The number of anilines is 1. The average molecular weight is 380 g/mol. The molecule has 0 bridgehead atoms. The van der Waals surface area contributed by atoms with Crippen molar-refractivity contribution in [3.63, 3.8) is 0 Å².